The number of hydrogen-bond donors (Lipinski definition) is 3. The first-order valence-electron chi connectivity index (χ1n) is 6.62. The zero-order valence-corrected chi connectivity index (χ0v) is 11.9. The summed E-state index contributed by atoms with van der Waals surface area (Å²) in [6.45, 7) is 0. The molecular weight excluding hydrogens is 288 g/mol. The number of aliphatic hydroxyl groups excluding tert-OH is 2. The number of methoxy groups -OCH3 is 1. The maximum atomic E-state index is 11.1. The summed E-state index contributed by atoms with van der Waals surface area (Å²) in [4.78, 5) is 22.0. The normalized spacial score (nSPS) is 13.6. The van der Waals surface area contributed by atoms with Crippen LogP contribution in [0.25, 0.3) is 10.8 Å². The van der Waals surface area contributed by atoms with E-state index in [1.54, 1.807) is 24.3 Å². The molecule has 0 fully saturated rings. The third-order valence-electron chi connectivity index (χ3n) is 3.42. The van der Waals surface area contributed by atoms with Gasteiger partial charge in [-0.3, -0.25) is 4.79 Å². The van der Waals surface area contributed by atoms with E-state index >= 15 is 0 Å². The van der Waals surface area contributed by atoms with Gasteiger partial charge in [0.05, 0.1) is 25.2 Å². The van der Waals surface area contributed by atoms with E-state index in [2.05, 4.69) is 4.74 Å². The number of carboxylic acid groups (broad SMARTS) is 1. The highest BCUT2D eigenvalue weighted by atomic mass is 16.5. The number of hydrogen-bond acceptors (Lipinski definition) is 5. The van der Waals surface area contributed by atoms with E-state index < -0.39 is 24.1 Å². The Morgan fingerprint density at radius 2 is 1.73 bits per heavy atom. The van der Waals surface area contributed by atoms with E-state index in [9.17, 15) is 19.8 Å². The van der Waals surface area contributed by atoms with Crippen molar-refractivity contribution in [3.63, 3.8) is 0 Å². The predicted octanol–water partition coefficient (Wildman–Crippen LogP) is 1.50. The number of carboxylic acids is 1. The van der Waals surface area contributed by atoms with E-state index in [-0.39, 0.29) is 12.0 Å². The minimum absolute atomic E-state index is 0.173. The number of esters is 1. The lowest BCUT2D eigenvalue weighted by atomic mass is 9.98. The molecule has 0 saturated heterocycles. The monoisotopic (exact) mass is 304 g/mol. The van der Waals surface area contributed by atoms with Gasteiger partial charge in [-0.2, -0.15) is 0 Å². The number of fused-ring (bicyclic) bond motifs is 1. The Labute approximate surface area is 126 Å². The number of benzene rings is 2. The molecule has 0 aromatic heterocycles. The highest BCUT2D eigenvalue weighted by Gasteiger charge is 2.22. The first-order chi connectivity index (χ1) is 10.4. The summed E-state index contributed by atoms with van der Waals surface area (Å²) in [7, 11) is 1.21. The van der Waals surface area contributed by atoms with Crippen molar-refractivity contribution in [1.82, 2.24) is 0 Å². The lowest BCUT2D eigenvalue weighted by molar-refractivity contribution is -0.144. The summed E-state index contributed by atoms with van der Waals surface area (Å²) in [5.74, 6) is -1.63. The Morgan fingerprint density at radius 1 is 1.09 bits per heavy atom. The SMILES string of the molecule is COC(=O)CC(O)C(O)c1ccc2cc(C(=O)O)ccc2c1. The highest BCUT2D eigenvalue weighted by molar-refractivity contribution is 5.94. The van der Waals surface area contributed by atoms with Crippen LogP contribution < -0.4 is 0 Å². The van der Waals surface area contributed by atoms with Crippen LogP contribution in [-0.2, 0) is 9.53 Å². The van der Waals surface area contributed by atoms with Crippen molar-refractivity contribution in [3.8, 4) is 0 Å². The van der Waals surface area contributed by atoms with Crippen LogP contribution in [0.4, 0.5) is 0 Å². The maximum absolute atomic E-state index is 11.1. The maximum Gasteiger partial charge on any atom is 0.335 e. The van der Waals surface area contributed by atoms with Gasteiger partial charge in [-0.1, -0.05) is 18.2 Å². The van der Waals surface area contributed by atoms with E-state index in [4.69, 9.17) is 5.11 Å². The largest absolute Gasteiger partial charge is 0.478 e. The van der Waals surface area contributed by atoms with E-state index in [1.165, 1.54) is 19.2 Å². The number of rotatable bonds is 5. The van der Waals surface area contributed by atoms with Gasteiger partial charge < -0.3 is 20.1 Å². The molecule has 2 aromatic rings. The Hall–Kier alpha value is -2.44. The second-order valence-electron chi connectivity index (χ2n) is 4.92. The molecule has 3 N–H and O–H groups in total. The topological polar surface area (TPSA) is 104 Å². The fourth-order valence-corrected chi connectivity index (χ4v) is 2.17. The summed E-state index contributed by atoms with van der Waals surface area (Å²) < 4.78 is 4.45. The summed E-state index contributed by atoms with van der Waals surface area (Å²) >= 11 is 0. The van der Waals surface area contributed by atoms with Crippen molar-refractivity contribution in [2.24, 2.45) is 0 Å². The van der Waals surface area contributed by atoms with Crippen LogP contribution in [0, 0.1) is 0 Å². The minimum atomic E-state index is -1.27. The van der Waals surface area contributed by atoms with Crippen molar-refractivity contribution in [1.29, 1.82) is 0 Å². The van der Waals surface area contributed by atoms with Crippen molar-refractivity contribution in [2.75, 3.05) is 7.11 Å². The molecule has 2 aromatic carbocycles. The van der Waals surface area contributed by atoms with Gasteiger partial charge in [0, 0.05) is 0 Å². The molecule has 0 aliphatic rings. The van der Waals surface area contributed by atoms with Gasteiger partial charge in [-0.25, -0.2) is 4.79 Å². The standard InChI is InChI=1S/C16H16O6/c1-22-14(18)8-13(17)15(19)11-4-2-10-7-12(16(20)21)5-3-9(10)6-11/h2-7,13,15,17,19H,8H2,1H3,(H,20,21). The molecule has 0 saturated carbocycles. The average molecular weight is 304 g/mol. The van der Waals surface area contributed by atoms with Crippen LogP contribution >= 0.6 is 0 Å². The van der Waals surface area contributed by atoms with Gasteiger partial charge in [0.25, 0.3) is 0 Å². The number of aliphatic hydroxyl groups is 2. The number of carbonyl (C=O) groups is 2. The van der Waals surface area contributed by atoms with E-state index in [0.717, 1.165) is 5.39 Å². The Balaban J connectivity index is 2.27. The number of carbonyl (C=O) groups excluding carboxylic acids is 1. The third kappa shape index (κ3) is 3.41. The smallest absolute Gasteiger partial charge is 0.335 e. The number of ether oxygens (including phenoxy) is 1. The van der Waals surface area contributed by atoms with Gasteiger partial charge in [0.2, 0.25) is 0 Å². The lowest BCUT2D eigenvalue weighted by Gasteiger charge is -2.17. The quantitative estimate of drug-likeness (QED) is 0.723. The van der Waals surface area contributed by atoms with E-state index in [1.807, 2.05) is 0 Å². The lowest BCUT2D eigenvalue weighted by Crippen LogP contribution is -2.22. The third-order valence-corrected chi connectivity index (χ3v) is 3.42. The second-order valence-corrected chi connectivity index (χ2v) is 4.92. The van der Waals surface area contributed by atoms with Crippen LogP contribution in [0.3, 0.4) is 0 Å². The molecule has 2 rings (SSSR count). The fourth-order valence-electron chi connectivity index (χ4n) is 2.17. The van der Waals surface area contributed by atoms with Crippen LogP contribution in [0.5, 0.6) is 0 Å². The van der Waals surface area contributed by atoms with Crippen LogP contribution in [0.15, 0.2) is 36.4 Å². The first kappa shape index (κ1) is 15.9. The summed E-state index contributed by atoms with van der Waals surface area (Å²) in [5.41, 5.74) is 0.610. The Bertz CT molecular complexity index is 709. The zero-order chi connectivity index (χ0) is 16.3. The zero-order valence-electron chi connectivity index (χ0n) is 11.9. The van der Waals surface area contributed by atoms with Crippen LogP contribution in [0.2, 0.25) is 0 Å². The second kappa shape index (κ2) is 6.55. The molecule has 0 aliphatic carbocycles. The molecule has 6 nitrogen and oxygen atoms in total. The number of aromatic carboxylic acids is 1. The summed E-state index contributed by atoms with van der Waals surface area (Å²) in [6.07, 6.45) is -2.82. The van der Waals surface area contributed by atoms with Gasteiger partial charge in [-0.05, 0) is 34.5 Å². The molecule has 22 heavy (non-hydrogen) atoms. The molecule has 6 heteroatoms. The summed E-state index contributed by atoms with van der Waals surface area (Å²) in [6, 6.07) is 9.50. The average Bonchev–Trinajstić information content (AvgIpc) is 2.52. The molecule has 0 aliphatic heterocycles. The minimum Gasteiger partial charge on any atom is -0.478 e. The summed E-state index contributed by atoms with van der Waals surface area (Å²) in [5, 5.41) is 30.3. The van der Waals surface area contributed by atoms with E-state index in [0.29, 0.717) is 10.9 Å². The Kier molecular flexibility index (Phi) is 4.75. The van der Waals surface area contributed by atoms with Crippen LogP contribution in [-0.4, -0.2) is 40.5 Å². The molecule has 0 heterocycles. The van der Waals surface area contributed by atoms with Crippen molar-refractivity contribution in [2.45, 2.75) is 18.6 Å². The molecule has 2 atom stereocenters. The van der Waals surface area contributed by atoms with Gasteiger partial charge in [0.1, 0.15) is 6.10 Å². The molecule has 0 radical (unpaired) electrons. The van der Waals surface area contributed by atoms with Crippen molar-refractivity contribution < 1.29 is 29.6 Å². The van der Waals surface area contributed by atoms with Gasteiger partial charge >= 0.3 is 11.9 Å². The van der Waals surface area contributed by atoms with Crippen molar-refractivity contribution >= 4 is 22.7 Å². The Morgan fingerprint density at radius 3 is 2.36 bits per heavy atom. The molecule has 0 amide bonds. The molecular formula is C16H16O6. The van der Waals surface area contributed by atoms with Gasteiger partial charge in [0.15, 0.2) is 0 Å². The molecule has 0 spiro atoms. The van der Waals surface area contributed by atoms with Gasteiger partial charge in [-0.15, -0.1) is 0 Å². The van der Waals surface area contributed by atoms with Crippen molar-refractivity contribution in [3.05, 3.63) is 47.5 Å². The molecule has 2 unspecified atom stereocenters. The predicted molar refractivity (Wildman–Crippen MR) is 78.5 cm³/mol. The van der Waals surface area contributed by atoms with Crippen LogP contribution in [0.1, 0.15) is 28.4 Å². The highest BCUT2D eigenvalue weighted by Crippen LogP contribution is 2.24. The molecule has 116 valence electrons. The molecule has 0 bridgehead atoms. The fraction of sp³-hybridized carbons (Fsp3) is 0.250. The first-order valence-corrected chi connectivity index (χ1v) is 6.62.